The number of carbonyl (C=O) groups is 1. The molecule has 1 saturated heterocycles. The summed E-state index contributed by atoms with van der Waals surface area (Å²) < 4.78 is 5.50. The van der Waals surface area contributed by atoms with Crippen LogP contribution in [0.2, 0.25) is 0 Å². The number of allylic oxidation sites excluding steroid dienone is 1. The van der Waals surface area contributed by atoms with Crippen LogP contribution in [0.1, 0.15) is 5.56 Å². The first-order chi connectivity index (χ1) is 17.5. The molecule has 184 valence electrons. The number of rotatable bonds is 8. The number of fused-ring (bicyclic) bond motifs is 1. The van der Waals surface area contributed by atoms with Gasteiger partial charge in [-0.1, -0.05) is 12.6 Å². The Bertz CT molecular complexity index is 1410. The number of aromatic nitrogens is 4. The molecule has 0 unspecified atom stereocenters. The molecule has 0 radical (unpaired) electrons. The Kier molecular flexibility index (Phi) is 6.64. The Balaban J connectivity index is 1.49. The van der Waals surface area contributed by atoms with Crippen LogP contribution >= 0.6 is 0 Å². The lowest BCUT2D eigenvalue weighted by Crippen LogP contribution is -2.44. The Morgan fingerprint density at radius 1 is 1.17 bits per heavy atom. The number of benzene rings is 2. The van der Waals surface area contributed by atoms with Gasteiger partial charge in [0.1, 0.15) is 5.75 Å². The minimum Gasteiger partial charge on any atom is -0.497 e. The van der Waals surface area contributed by atoms with Gasteiger partial charge in [0.25, 0.3) is 0 Å². The van der Waals surface area contributed by atoms with Crippen LogP contribution in [0, 0.1) is 0 Å². The summed E-state index contributed by atoms with van der Waals surface area (Å²) in [6.07, 6.45) is 3.27. The van der Waals surface area contributed by atoms with E-state index in [1.807, 2.05) is 30.3 Å². The Hall–Kier alpha value is -4.24. The number of methoxy groups -OCH3 is 1. The van der Waals surface area contributed by atoms with E-state index in [4.69, 9.17) is 9.72 Å². The van der Waals surface area contributed by atoms with Crippen molar-refractivity contribution < 1.29 is 9.53 Å². The van der Waals surface area contributed by atoms with Gasteiger partial charge in [0.2, 0.25) is 5.95 Å². The van der Waals surface area contributed by atoms with Crippen LogP contribution in [0.15, 0.2) is 61.3 Å². The molecule has 3 heterocycles. The maximum Gasteiger partial charge on any atom is 0.229 e. The number of carbonyl (C=O) groups excluding carboxylic acids is 1. The fourth-order valence-electron chi connectivity index (χ4n) is 4.38. The highest BCUT2D eigenvalue weighted by atomic mass is 16.5. The summed E-state index contributed by atoms with van der Waals surface area (Å²) in [5, 5.41) is 11.3. The molecule has 2 aromatic carbocycles. The molecule has 9 nitrogen and oxygen atoms in total. The third-order valence-electron chi connectivity index (χ3n) is 6.36. The molecule has 0 spiro atoms. The number of anilines is 3. The van der Waals surface area contributed by atoms with Crippen molar-refractivity contribution in [2.24, 2.45) is 0 Å². The molecule has 2 N–H and O–H groups in total. The second-order valence-corrected chi connectivity index (χ2v) is 8.91. The van der Waals surface area contributed by atoms with Crippen molar-refractivity contribution in [3.05, 3.63) is 66.9 Å². The summed E-state index contributed by atoms with van der Waals surface area (Å²) >= 11 is 0. The smallest absolute Gasteiger partial charge is 0.229 e. The third kappa shape index (κ3) is 5.06. The van der Waals surface area contributed by atoms with Gasteiger partial charge in [-0.05, 0) is 55.1 Å². The van der Waals surface area contributed by atoms with Crippen LogP contribution < -0.4 is 15.0 Å². The number of H-pyrrole nitrogens is 1. The molecule has 4 aromatic rings. The van der Waals surface area contributed by atoms with E-state index in [1.54, 1.807) is 13.3 Å². The lowest BCUT2D eigenvalue weighted by molar-refractivity contribution is -0.114. The van der Waals surface area contributed by atoms with Crippen LogP contribution in [0.3, 0.4) is 0 Å². The number of aromatic amines is 1. The van der Waals surface area contributed by atoms with Crippen LogP contribution in [0.25, 0.3) is 22.3 Å². The van der Waals surface area contributed by atoms with E-state index in [9.17, 15) is 4.79 Å². The van der Waals surface area contributed by atoms with E-state index in [1.165, 1.54) is 11.8 Å². The van der Waals surface area contributed by atoms with E-state index in [0.717, 1.165) is 48.4 Å². The van der Waals surface area contributed by atoms with E-state index < -0.39 is 0 Å². The number of nitrogens with one attached hydrogen (secondary N) is 2. The second kappa shape index (κ2) is 10.2. The fourth-order valence-corrected chi connectivity index (χ4v) is 4.38. The van der Waals surface area contributed by atoms with Crippen LogP contribution in [0.4, 0.5) is 17.3 Å². The molecule has 1 fully saturated rings. The van der Waals surface area contributed by atoms with Crippen molar-refractivity contribution in [3.8, 4) is 17.0 Å². The van der Waals surface area contributed by atoms with Crippen LogP contribution in [-0.2, 0) is 11.2 Å². The molecule has 0 saturated carbocycles. The third-order valence-corrected chi connectivity index (χ3v) is 6.36. The molecule has 1 aliphatic rings. The summed E-state index contributed by atoms with van der Waals surface area (Å²) in [5.74, 6) is 1.03. The lowest BCUT2D eigenvalue weighted by Gasteiger charge is -2.34. The lowest BCUT2D eigenvalue weighted by atomic mass is 10.0. The summed E-state index contributed by atoms with van der Waals surface area (Å²) in [6.45, 7) is 7.65. The highest BCUT2D eigenvalue weighted by Gasteiger charge is 2.17. The van der Waals surface area contributed by atoms with Gasteiger partial charge in [-0.15, -0.1) is 0 Å². The number of piperazine rings is 1. The standard InChI is InChI=1S/C27H29N7O2/c1-4-22(35)13-18-12-19(15-23(14-18)36-3)25-24-17-28-32-26(24)31-27(30-25)29-20-6-5-7-21(16-20)34-10-8-33(2)9-11-34/h4-7,12,14-17H,1,8-11,13H2,2-3H3,(H2,28,29,30,31,32). The van der Waals surface area contributed by atoms with Gasteiger partial charge in [0.15, 0.2) is 11.4 Å². The van der Waals surface area contributed by atoms with Gasteiger partial charge in [-0.3, -0.25) is 9.89 Å². The summed E-state index contributed by atoms with van der Waals surface area (Å²) in [5.41, 5.74) is 5.00. The second-order valence-electron chi connectivity index (χ2n) is 8.91. The maximum atomic E-state index is 12.0. The minimum atomic E-state index is -0.0621. The predicted molar refractivity (Wildman–Crippen MR) is 142 cm³/mol. The van der Waals surface area contributed by atoms with Crippen molar-refractivity contribution in [1.29, 1.82) is 0 Å². The first-order valence-corrected chi connectivity index (χ1v) is 11.9. The van der Waals surface area contributed by atoms with Crippen molar-refractivity contribution in [3.63, 3.8) is 0 Å². The zero-order valence-electron chi connectivity index (χ0n) is 20.5. The molecule has 0 atom stereocenters. The normalized spacial score (nSPS) is 14.1. The highest BCUT2D eigenvalue weighted by Crippen LogP contribution is 2.31. The molecule has 0 aliphatic carbocycles. The van der Waals surface area contributed by atoms with Crippen molar-refractivity contribution in [2.75, 3.05) is 50.6 Å². The fraction of sp³-hybridized carbons (Fsp3) is 0.259. The molecule has 2 aromatic heterocycles. The largest absolute Gasteiger partial charge is 0.497 e. The number of ketones is 1. The van der Waals surface area contributed by atoms with Gasteiger partial charge in [0.05, 0.1) is 24.4 Å². The van der Waals surface area contributed by atoms with Gasteiger partial charge in [0, 0.05) is 49.5 Å². The Morgan fingerprint density at radius 3 is 2.78 bits per heavy atom. The summed E-state index contributed by atoms with van der Waals surface area (Å²) in [4.78, 5) is 26.2. The molecule has 0 bridgehead atoms. The van der Waals surface area contributed by atoms with Crippen molar-refractivity contribution in [1.82, 2.24) is 25.1 Å². The van der Waals surface area contributed by atoms with Crippen LogP contribution in [0.5, 0.6) is 5.75 Å². The Morgan fingerprint density at radius 2 is 2.00 bits per heavy atom. The SMILES string of the molecule is C=CC(=O)Cc1cc(OC)cc(-c2nc(Nc3cccc(N4CCN(C)CC4)c3)nc3[nH]ncc23)c1. The van der Waals surface area contributed by atoms with Crippen LogP contribution in [-0.4, -0.2) is 71.2 Å². The number of hydrogen-bond donors (Lipinski definition) is 2. The number of ether oxygens (including phenoxy) is 1. The summed E-state index contributed by atoms with van der Waals surface area (Å²) in [7, 11) is 3.75. The predicted octanol–water partition coefficient (Wildman–Crippen LogP) is 3.82. The first kappa shape index (κ1) is 23.5. The molecule has 0 amide bonds. The quantitative estimate of drug-likeness (QED) is 0.365. The average Bonchev–Trinajstić information content (AvgIpc) is 3.37. The van der Waals surface area contributed by atoms with Gasteiger partial charge in [-0.25, -0.2) is 4.98 Å². The molecular weight excluding hydrogens is 454 g/mol. The van der Waals surface area contributed by atoms with Gasteiger partial charge in [-0.2, -0.15) is 10.1 Å². The zero-order chi connectivity index (χ0) is 25.1. The zero-order valence-corrected chi connectivity index (χ0v) is 20.5. The monoisotopic (exact) mass is 483 g/mol. The molecule has 5 rings (SSSR count). The van der Waals surface area contributed by atoms with Crippen molar-refractivity contribution in [2.45, 2.75) is 6.42 Å². The van der Waals surface area contributed by atoms with E-state index in [2.05, 4.69) is 56.1 Å². The van der Waals surface area contributed by atoms with E-state index in [-0.39, 0.29) is 12.2 Å². The highest BCUT2D eigenvalue weighted by molar-refractivity contribution is 5.93. The summed E-state index contributed by atoms with van der Waals surface area (Å²) in [6, 6.07) is 14.0. The topological polar surface area (TPSA) is 99.3 Å². The van der Waals surface area contributed by atoms with Gasteiger partial charge < -0.3 is 19.9 Å². The molecular formula is C27H29N7O2. The van der Waals surface area contributed by atoms with E-state index in [0.29, 0.717) is 23.0 Å². The average molecular weight is 484 g/mol. The number of hydrogen-bond acceptors (Lipinski definition) is 8. The molecule has 1 aliphatic heterocycles. The number of nitrogens with zero attached hydrogens (tertiary/aromatic N) is 5. The molecule has 9 heteroatoms. The molecule has 36 heavy (non-hydrogen) atoms. The maximum absolute atomic E-state index is 12.0. The van der Waals surface area contributed by atoms with E-state index >= 15 is 0 Å². The van der Waals surface area contributed by atoms with Crippen molar-refractivity contribution >= 4 is 34.1 Å². The number of likely N-dealkylation sites (N-methyl/N-ethyl adjacent to an activating group) is 1. The Labute approximate surface area is 209 Å². The first-order valence-electron chi connectivity index (χ1n) is 11.9. The van der Waals surface area contributed by atoms with Gasteiger partial charge >= 0.3 is 0 Å². The minimum absolute atomic E-state index is 0.0621.